The first-order valence-corrected chi connectivity index (χ1v) is 5.41. The highest BCUT2D eigenvalue weighted by Gasteiger charge is 2.01. The number of aromatic nitrogens is 1. The van der Waals surface area contributed by atoms with Crippen LogP contribution >= 0.6 is 0 Å². The second-order valence-electron chi connectivity index (χ2n) is 3.72. The molecule has 0 fully saturated rings. The van der Waals surface area contributed by atoms with Gasteiger partial charge in [-0.05, 0) is 24.6 Å². The van der Waals surface area contributed by atoms with Gasteiger partial charge < -0.3 is 10.1 Å². The van der Waals surface area contributed by atoms with E-state index in [1.54, 1.807) is 12.1 Å². The van der Waals surface area contributed by atoms with Crippen molar-refractivity contribution in [3.05, 3.63) is 40.2 Å². The van der Waals surface area contributed by atoms with Gasteiger partial charge in [0.2, 0.25) is 5.56 Å². The number of fused-ring (bicyclic) bond motifs is 1. The summed E-state index contributed by atoms with van der Waals surface area (Å²) in [5, 5.41) is 10.3. The highest BCUT2D eigenvalue weighted by Crippen LogP contribution is 2.23. The smallest absolute Gasteiger partial charge is 0.248 e. The quantitative estimate of drug-likeness (QED) is 0.715. The Morgan fingerprint density at radius 2 is 1.81 bits per heavy atom. The largest absolute Gasteiger partial charge is 0.506 e. The lowest BCUT2D eigenvalue weighted by atomic mass is 10.1. The molecule has 0 saturated heterocycles. The van der Waals surface area contributed by atoms with Crippen molar-refractivity contribution >= 4 is 10.9 Å². The molecular formula is C13H17NO2. The van der Waals surface area contributed by atoms with Crippen molar-refractivity contribution in [3.8, 4) is 5.75 Å². The van der Waals surface area contributed by atoms with Crippen molar-refractivity contribution in [2.24, 2.45) is 0 Å². The monoisotopic (exact) mass is 219 g/mol. The van der Waals surface area contributed by atoms with Crippen LogP contribution < -0.4 is 5.56 Å². The summed E-state index contributed by atoms with van der Waals surface area (Å²) in [6.45, 7) is 6.18. The molecule has 0 atom stereocenters. The molecule has 0 aliphatic rings. The van der Waals surface area contributed by atoms with E-state index in [9.17, 15) is 9.90 Å². The molecule has 0 bridgehead atoms. The summed E-state index contributed by atoms with van der Waals surface area (Å²) in [6.07, 6.45) is 1.25. The van der Waals surface area contributed by atoms with Crippen LogP contribution in [0.3, 0.4) is 0 Å². The maximum absolute atomic E-state index is 11.0. The van der Waals surface area contributed by atoms with E-state index in [0.717, 1.165) is 10.9 Å². The SMILES string of the molecule is CCC.Cc1ccc(O)c2[nH]c(=O)ccc12. The Balaban J connectivity index is 0.000000386. The van der Waals surface area contributed by atoms with Crippen LogP contribution in [0, 0.1) is 6.92 Å². The number of H-pyrrole nitrogens is 1. The average Bonchev–Trinajstić information content (AvgIpc) is 2.25. The average molecular weight is 219 g/mol. The second-order valence-corrected chi connectivity index (χ2v) is 3.72. The zero-order valence-electron chi connectivity index (χ0n) is 9.87. The minimum Gasteiger partial charge on any atom is -0.506 e. The standard InChI is InChI=1S/C10H9NO2.C3H8/c1-6-2-4-8(12)10-7(6)3-5-9(13)11-10;1-3-2/h2-5,12H,1H3,(H,11,13);3H2,1-2H3. The Labute approximate surface area is 94.8 Å². The lowest BCUT2D eigenvalue weighted by molar-refractivity contribution is 0.480. The summed E-state index contributed by atoms with van der Waals surface area (Å²) in [5.74, 6) is 0.110. The molecule has 0 radical (unpaired) electrons. The van der Waals surface area contributed by atoms with Gasteiger partial charge in [-0.15, -0.1) is 0 Å². The number of phenols is 1. The third kappa shape index (κ3) is 2.63. The summed E-state index contributed by atoms with van der Waals surface area (Å²) in [6, 6.07) is 6.56. The Kier molecular flexibility index (Phi) is 4.11. The number of rotatable bonds is 0. The first kappa shape index (κ1) is 12.3. The second kappa shape index (κ2) is 5.35. The molecule has 2 N–H and O–H groups in total. The number of benzene rings is 1. The predicted octanol–water partition coefficient (Wildman–Crippen LogP) is 2.96. The summed E-state index contributed by atoms with van der Waals surface area (Å²) in [4.78, 5) is 13.6. The normalized spacial score (nSPS) is 9.69. The molecule has 1 aromatic carbocycles. The molecule has 3 heteroatoms. The number of phenolic OH excluding ortho intramolecular Hbond substituents is 1. The van der Waals surface area contributed by atoms with Crippen LogP contribution in [0.2, 0.25) is 0 Å². The zero-order chi connectivity index (χ0) is 12.1. The van der Waals surface area contributed by atoms with E-state index in [1.165, 1.54) is 12.5 Å². The van der Waals surface area contributed by atoms with Gasteiger partial charge in [0.05, 0.1) is 5.52 Å². The Bertz CT molecular complexity index is 529. The summed E-state index contributed by atoms with van der Waals surface area (Å²) in [5.41, 5.74) is 1.34. The van der Waals surface area contributed by atoms with Gasteiger partial charge in [-0.3, -0.25) is 4.79 Å². The third-order valence-electron chi connectivity index (χ3n) is 2.09. The molecule has 1 aromatic heterocycles. The summed E-state index contributed by atoms with van der Waals surface area (Å²) < 4.78 is 0. The predicted molar refractivity (Wildman–Crippen MR) is 66.9 cm³/mol. The molecule has 0 aliphatic heterocycles. The summed E-state index contributed by atoms with van der Waals surface area (Å²) >= 11 is 0. The highest BCUT2D eigenvalue weighted by molar-refractivity contribution is 5.86. The summed E-state index contributed by atoms with van der Waals surface area (Å²) in [7, 11) is 0. The molecule has 0 saturated carbocycles. The number of pyridine rings is 1. The highest BCUT2D eigenvalue weighted by atomic mass is 16.3. The van der Waals surface area contributed by atoms with E-state index in [4.69, 9.17) is 0 Å². The van der Waals surface area contributed by atoms with Crippen molar-refractivity contribution in [3.63, 3.8) is 0 Å². The molecule has 86 valence electrons. The Hall–Kier alpha value is -1.77. The number of nitrogens with one attached hydrogen (secondary N) is 1. The van der Waals surface area contributed by atoms with Crippen LogP contribution in [0.4, 0.5) is 0 Å². The molecule has 0 amide bonds. The number of aromatic amines is 1. The lowest BCUT2D eigenvalue weighted by Crippen LogP contribution is -2.02. The minimum atomic E-state index is -0.201. The Morgan fingerprint density at radius 3 is 2.44 bits per heavy atom. The van der Waals surface area contributed by atoms with Crippen molar-refractivity contribution in [1.29, 1.82) is 0 Å². The van der Waals surface area contributed by atoms with Crippen molar-refractivity contribution in [2.45, 2.75) is 27.2 Å². The van der Waals surface area contributed by atoms with Crippen molar-refractivity contribution in [2.75, 3.05) is 0 Å². The first-order valence-electron chi connectivity index (χ1n) is 5.41. The third-order valence-corrected chi connectivity index (χ3v) is 2.09. The van der Waals surface area contributed by atoms with Gasteiger partial charge in [-0.2, -0.15) is 0 Å². The van der Waals surface area contributed by atoms with Crippen LogP contribution in [0.15, 0.2) is 29.1 Å². The van der Waals surface area contributed by atoms with Gasteiger partial charge >= 0.3 is 0 Å². The molecule has 16 heavy (non-hydrogen) atoms. The van der Waals surface area contributed by atoms with Gasteiger partial charge in [-0.1, -0.05) is 26.3 Å². The van der Waals surface area contributed by atoms with Crippen LogP contribution in [-0.2, 0) is 0 Å². The van der Waals surface area contributed by atoms with E-state index in [0.29, 0.717) is 5.52 Å². The van der Waals surface area contributed by atoms with E-state index < -0.39 is 0 Å². The first-order chi connectivity index (χ1) is 7.60. The van der Waals surface area contributed by atoms with Crippen LogP contribution in [0.1, 0.15) is 25.8 Å². The number of aryl methyl sites for hydroxylation is 1. The van der Waals surface area contributed by atoms with Gasteiger partial charge in [0, 0.05) is 11.5 Å². The number of hydrogen-bond donors (Lipinski definition) is 2. The molecule has 2 aromatic rings. The van der Waals surface area contributed by atoms with Gasteiger partial charge in [0.25, 0.3) is 0 Å². The van der Waals surface area contributed by atoms with E-state index in [2.05, 4.69) is 18.8 Å². The molecule has 0 aliphatic carbocycles. The maximum atomic E-state index is 11.0. The van der Waals surface area contributed by atoms with E-state index >= 15 is 0 Å². The zero-order valence-corrected chi connectivity index (χ0v) is 9.87. The van der Waals surface area contributed by atoms with Gasteiger partial charge in [-0.25, -0.2) is 0 Å². The topological polar surface area (TPSA) is 53.1 Å². The van der Waals surface area contributed by atoms with Gasteiger partial charge in [0.1, 0.15) is 5.75 Å². The molecular weight excluding hydrogens is 202 g/mol. The molecule has 2 rings (SSSR count). The van der Waals surface area contributed by atoms with Crippen LogP contribution in [0.5, 0.6) is 5.75 Å². The van der Waals surface area contributed by atoms with Crippen molar-refractivity contribution in [1.82, 2.24) is 4.98 Å². The Morgan fingerprint density at radius 1 is 1.19 bits per heavy atom. The molecule has 3 nitrogen and oxygen atoms in total. The van der Waals surface area contributed by atoms with Gasteiger partial charge in [0.15, 0.2) is 0 Å². The van der Waals surface area contributed by atoms with E-state index in [1.807, 2.05) is 13.0 Å². The molecule has 0 spiro atoms. The van der Waals surface area contributed by atoms with Crippen LogP contribution in [-0.4, -0.2) is 10.1 Å². The van der Waals surface area contributed by atoms with E-state index in [-0.39, 0.29) is 11.3 Å². The number of aromatic hydroxyl groups is 1. The molecule has 1 heterocycles. The molecule has 0 unspecified atom stereocenters. The fourth-order valence-corrected chi connectivity index (χ4v) is 1.38. The van der Waals surface area contributed by atoms with Crippen molar-refractivity contribution < 1.29 is 5.11 Å². The maximum Gasteiger partial charge on any atom is 0.248 e. The fourth-order valence-electron chi connectivity index (χ4n) is 1.38. The number of hydrogen-bond acceptors (Lipinski definition) is 2. The minimum absolute atomic E-state index is 0.110. The lowest BCUT2D eigenvalue weighted by Gasteiger charge is -2.02. The fraction of sp³-hybridized carbons (Fsp3) is 0.308. The van der Waals surface area contributed by atoms with Crippen LogP contribution in [0.25, 0.3) is 10.9 Å².